The molecule has 0 fully saturated rings. The van der Waals surface area contributed by atoms with Crippen molar-refractivity contribution in [3.8, 4) is 11.1 Å². The molecule has 1 atom stereocenters. The lowest BCUT2D eigenvalue weighted by Gasteiger charge is -2.13. The van der Waals surface area contributed by atoms with Gasteiger partial charge in [-0.1, -0.05) is 146 Å². The zero-order valence-corrected chi connectivity index (χ0v) is 25.3. The molecule has 0 spiro atoms. The van der Waals surface area contributed by atoms with Gasteiger partial charge in [0.15, 0.2) is 0 Å². The van der Waals surface area contributed by atoms with Gasteiger partial charge in [0.25, 0.3) is 0 Å². The third-order valence-corrected chi connectivity index (χ3v) is 8.89. The van der Waals surface area contributed by atoms with Crippen LogP contribution in [0.1, 0.15) is 22.7 Å². The van der Waals surface area contributed by atoms with Crippen LogP contribution in [0.2, 0.25) is 0 Å². The second-order valence-electron chi connectivity index (χ2n) is 11.8. The Morgan fingerprint density at radius 2 is 1.15 bits per heavy atom. The number of nitrogens with two attached hydrogens (primary N) is 1. The topological polar surface area (TPSA) is 38.4 Å². The quantitative estimate of drug-likeness (QED) is 0.117. The van der Waals surface area contributed by atoms with Crippen molar-refractivity contribution in [1.29, 1.82) is 0 Å². The standard InChI is InChI=1S/C44H32N2/c45-42(32-13-2-1-3-14-32)28-43(37-18-10-17-34(26-37)35-23-21-30-11-4-5-15-33(30)25-35)46-29-41-39-19-8-7-16-36(39)27-38-24-22-31-12-6-9-20-40(31)44(38)41/h1-29,42H,45H2/b43-28-,46-29+. The summed E-state index contributed by atoms with van der Waals surface area (Å²) in [5.74, 6) is 0. The van der Waals surface area contributed by atoms with E-state index in [0.717, 1.165) is 28.0 Å². The van der Waals surface area contributed by atoms with E-state index in [2.05, 4.69) is 152 Å². The van der Waals surface area contributed by atoms with Crippen LogP contribution in [-0.4, -0.2) is 6.21 Å². The van der Waals surface area contributed by atoms with Crippen molar-refractivity contribution in [2.45, 2.75) is 6.04 Å². The van der Waals surface area contributed by atoms with Crippen LogP contribution < -0.4 is 5.73 Å². The van der Waals surface area contributed by atoms with Gasteiger partial charge in [-0.05, 0) is 84.1 Å². The van der Waals surface area contributed by atoms with Gasteiger partial charge in [0.2, 0.25) is 0 Å². The van der Waals surface area contributed by atoms with E-state index in [9.17, 15) is 0 Å². The smallest absolute Gasteiger partial charge is 0.0681 e. The van der Waals surface area contributed by atoms with Gasteiger partial charge in [0.05, 0.1) is 11.7 Å². The van der Waals surface area contributed by atoms with E-state index in [-0.39, 0.29) is 6.04 Å². The van der Waals surface area contributed by atoms with Gasteiger partial charge in [0.1, 0.15) is 0 Å². The van der Waals surface area contributed by atoms with Gasteiger partial charge in [-0.15, -0.1) is 0 Å². The minimum absolute atomic E-state index is 0.317. The predicted molar refractivity (Wildman–Crippen MR) is 197 cm³/mol. The van der Waals surface area contributed by atoms with Crippen molar-refractivity contribution in [2.75, 3.05) is 0 Å². The van der Waals surface area contributed by atoms with Gasteiger partial charge in [-0.25, -0.2) is 0 Å². The van der Waals surface area contributed by atoms with Crippen molar-refractivity contribution in [1.82, 2.24) is 0 Å². The highest BCUT2D eigenvalue weighted by Crippen LogP contribution is 2.34. The molecule has 2 N–H and O–H groups in total. The van der Waals surface area contributed by atoms with Crippen molar-refractivity contribution < 1.29 is 0 Å². The average molecular weight is 589 g/mol. The van der Waals surface area contributed by atoms with E-state index in [1.165, 1.54) is 48.7 Å². The normalized spacial score (nSPS) is 12.8. The SMILES string of the molecule is NC(/C=C(\N=C\c1c2ccccc2cc2ccc3ccccc3c12)c1cccc(-c2ccc3ccccc3c2)c1)c1ccccc1. The van der Waals surface area contributed by atoms with Crippen LogP contribution in [0.25, 0.3) is 59.9 Å². The highest BCUT2D eigenvalue weighted by Gasteiger charge is 2.12. The van der Waals surface area contributed by atoms with E-state index in [1.807, 2.05) is 24.4 Å². The molecule has 2 heteroatoms. The van der Waals surface area contributed by atoms with E-state index >= 15 is 0 Å². The number of nitrogens with zero attached hydrogens (tertiary/aromatic N) is 1. The summed E-state index contributed by atoms with van der Waals surface area (Å²) in [6, 6.07) is 57.5. The Balaban J connectivity index is 1.31. The molecule has 0 aliphatic carbocycles. The van der Waals surface area contributed by atoms with E-state index in [0.29, 0.717) is 0 Å². The molecule has 8 rings (SSSR count). The molecule has 0 saturated heterocycles. The number of fused-ring (bicyclic) bond motifs is 5. The lowest BCUT2D eigenvalue weighted by atomic mass is 9.93. The second kappa shape index (κ2) is 11.9. The molecule has 0 aliphatic rings. The minimum Gasteiger partial charge on any atom is -0.321 e. The summed E-state index contributed by atoms with van der Waals surface area (Å²) < 4.78 is 0. The molecule has 0 aromatic heterocycles. The molecular formula is C44H32N2. The predicted octanol–water partition coefficient (Wildman–Crippen LogP) is 11.1. The van der Waals surface area contributed by atoms with Crippen molar-refractivity contribution in [3.05, 3.63) is 187 Å². The summed E-state index contributed by atoms with van der Waals surface area (Å²) in [5, 5.41) is 9.66. The summed E-state index contributed by atoms with van der Waals surface area (Å²) in [4.78, 5) is 5.28. The molecule has 46 heavy (non-hydrogen) atoms. The van der Waals surface area contributed by atoms with Gasteiger partial charge in [0, 0.05) is 17.3 Å². The largest absolute Gasteiger partial charge is 0.321 e. The van der Waals surface area contributed by atoms with Gasteiger partial charge in [-0.3, -0.25) is 4.99 Å². The second-order valence-corrected chi connectivity index (χ2v) is 11.8. The zero-order valence-electron chi connectivity index (χ0n) is 25.3. The van der Waals surface area contributed by atoms with Crippen molar-refractivity contribution >= 4 is 55.0 Å². The van der Waals surface area contributed by atoms with Crippen LogP contribution >= 0.6 is 0 Å². The number of rotatable bonds is 6. The summed E-state index contributed by atoms with van der Waals surface area (Å²) in [6.07, 6.45) is 4.13. The molecule has 0 saturated carbocycles. The van der Waals surface area contributed by atoms with Crippen LogP contribution in [0, 0.1) is 0 Å². The first-order chi connectivity index (χ1) is 22.7. The van der Waals surface area contributed by atoms with Crippen LogP contribution in [-0.2, 0) is 0 Å². The lowest BCUT2D eigenvalue weighted by molar-refractivity contribution is 0.911. The third-order valence-electron chi connectivity index (χ3n) is 8.89. The molecule has 1 unspecified atom stereocenters. The third kappa shape index (κ3) is 5.26. The maximum Gasteiger partial charge on any atom is 0.0681 e. The average Bonchev–Trinajstić information content (AvgIpc) is 3.12. The zero-order chi connectivity index (χ0) is 30.9. The molecule has 8 aromatic carbocycles. The van der Waals surface area contributed by atoms with Crippen LogP contribution in [0.5, 0.6) is 0 Å². The number of aliphatic imine (C=N–C) groups is 1. The Bertz CT molecular complexity index is 2440. The Morgan fingerprint density at radius 3 is 2.00 bits per heavy atom. The fraction of sp³-hybridized carbons (Fsp3) is 0.0227. The molecule has 8 aromatic rings. The van der Waals surface area contributed by atoms with Crippen molar-refractivity contribution in [3.63, 3.8) is 0 Å². The van der Waals surface area contributed by atoms with Crippen LogP contribution in [0.4, 0.5) is 0 Å². The molecule has 0 amide bonds. The highest BCUT2D eigenvalue weighted by atomic mass is 14.7. The first-order valence-corrected chi connectivity index (χ1v) is 15.7. The molecule has 218 valence electrons. The van der Waals surface area contributed by atoms with E-state index < -0.39 is 0 Å². The van der Waals surface area contributed by atoms with Gasteiger partial charge in [-0.2, -0.15) is 0 Å². The number of hydrogen-bond acceptors (Lipinski definition) is 2. The summed E-state index contributed by atoms with van der Waals surface area (Å²) in [7, 11) is 0. The summed E-state index contributed by atoms with van der Waals surface area (Å²) in [6.45, 7) is 0. The lowest BCUT2D eigenvalue weighted by Crippen LogP contribution is -2.07. The maximum absolute atomic E-state index is 6.82. The van der Waals surface area contributed by atoms with Gasteiger partial charge < -0.3 is 5.73 Å². The summed E-state index contributed by atoms with van der Waals surface area (Å²) >= 11 is 0. The Morgan fingerprint density at radius 1 is 0.500 bits per heavy atom. The van der Waals surface area contributed by atoms with Crippen LogP contribution in [0.15, 0.2) is 175 Å². The van der Waals surface area contributed by atoms with Crippen LogP contribution in [0.3, 0.4) is 0 Å². The monoisotopic (exact) mass is 588 g/mol. The number of hydrogen-bond donors (Lipinski definition) is 1. The molecule has 0 bridgehead atoms. The Hall–Kier alpha value is -5.83. The minimum atomic E-state index is -0.317. The molecule has 0 radical (unpaired) electrons. The maximum atomic E-state index is 6.82. The summed E-state index contributed by atoms with van der Waals surface area (Å²) in [5.41, 5.74) is 13.1. The fourth-order valence-electron chi connectivity index (χ4n) is 6.53. The first kappa shape index (κ1) is 27.7. The molecule has 2 nitrogen and oxygen atoms in total. The van der Waals surface area contributed by atoms with Gasteiger partial charge >= 0.3 is 0 Å². The highest BCUT2D eigenvalue weighted by molar-refractivity contribution is 6.22. The van der Waals surface area contributed by atoms with Crippen molar-refractivity contribution in [2.24, 2.45) is 10.7 Å². The van der Waals surface area contributed by atoms with E-state index in [1.54, 1.807) is 0 Å². The molecule has 0 aliphatic heterocycles. The first-order valence-electron chi connectivity index (χ1n) is 15.7. The Labute approximate surface area is 268 Å². The number of benzene rings is 8. The fourth-order valence-corrected chi connectivity index (χ4v) is 6.53. The Kier molecular flexibility index (Phi) is 7.18. The molecule has 0 heterocycles. The van der Waals surface area contributed by atoms with E-state index in [4.69, 9.17) is 10.7 Å². The molecular weight excluding hydrogens is 556 g/mol.